The first-order valence-corrected chi connectivity index (χ1v) is 7.38. The molecule has 0 aliphatic heterocycles. The molecule has 2 N–H and O–H groups in total. The number of carbonyl (C=O) groups excluding carboxylic acids is 2. The molecule has 1 heterocycles. The van der Waals surface area contributed by atoms with Crippen molar-refractivity contribution in [2.24, 2.45) is 0 Å². The van der Waals surface area contributed by atoms with Gasteiger partial charge in [-0.05, 0) is 25.1 Å². The molecule has 0 atom stereocenters. The van der Waals surface area contributed by atoms with Crippen LogP contribution in [0.4, 0.5) is 18.9 Å². The maximum absolute atomic E-state index is 13.0. The highest BCUT2D eigenvalue weighted by atomic mass is 19.4. The Bertz CT molecular complexity index is 974. The first kappa shape index (κ1) is 16.8. The van der Waals surface area contributed by atoms with Gasteiger partial charge in [-0.2, -0.15) is 13.2 Å². The first-order valence-electron chi connectivity index (χ1n) is 7.38. The van der Waals surface area contributed by atoms with E-state index in [1.807, 2.05) is 0 Å². The number of hydrogen-bond acceptors (Lipinski definition) is 2. The molecule has 3 aromatic rings. The zero-order valence-electron chi connectivity index (χ0n) is 13.1. The summed E-state index contributed by atoms with van der Waals surface area (Å²) in [5.74, 6) is -2.02. The Kier molecular flexibility index (Phi) is 4.08. The standard InChI is InChI=1S/C18H13F3N2O2/c1-10-15(11-6-2-4-8-13(11)22-10)16(24)17(25)23-14-9-5-3-7-12(14)18(19,20)21/h2-9,22H,1H3,(H,23,25). The second-order valence-corrected chi connectivity index (χ2v) is 5.50. The fraction of sp³-hybridized carbons (Fsp3) is 0.111. The lowest BCUT2D eigenvalue weighted by molar-refractivity contribution is -0.137. The van der Waals surface area contributed by atoms with Crippen molar-refractivity contribution >= 4 is 28.3 Å². The van der Waals surface area contributed by atoms with Crippen molar-refractivity contribution in [2.75, 3.05) is 5.32 Å². The minimum atomic E-state index is -4.64. The van der Waals surface area contributed by atoms with Crippen LogP contribution >= 0.6 is 0 Å². The molecule has 128 valence electrons. The maximum atomic E-state index is 13.0. The van der Waals surface area contributed by atoms with Gasteiger partial charge in [0.2, 0.25) is 0 Å². The number of benzene rings is 2. The number of aryl methyl sites for hydroxylation is 1. The molecule has 0 saturated heterocycles. The number of nitrogens with one attached hydrogen (secondary N) is 2. The number of rotatable bonds is 3. The average Bonchev–Trinajstić information content (AvgIpc) is 2.89. The van der Waals surface area contributed by atoms with Crippen LogP contribution in [0.25, 0.3) is 10.9 Å². The fourth-order valence-electron chi connectivity index (χ4n) is 2.70. The second kappa shape index (κ2) is 6.08. The number of hydrogen-bond donors (Lipinski definition) is 2. The van der Waals surface area contributed by atoms with Gasteiger partial charge in [0, 0.05) is 16.6 Å². The van der Waals surface area contributed by atoms with Gasteiger partial charge in [0.05, 0.1) is 16.8 Å². The number of alkyl halides is 3. The SMILES string of the molecule is Cc1[nH]c2ccccc2c1C(=O)C(=O)Nc1ccccc1C(F)(F)F. The van der Waals surface area contributed by atoms with Crippen molar-refractivity contribution in [3.8, 4) is 0 Å². The number of fused-ring (bicyclic) bond motifs is 1. The van der Waals surface area contributed by atoms with Crippen LogP contribution in [0.15, 0.2) is 48.5 Å². The number of H-pyrrole nitrogens is 1. The highest BCUT2D eigenvalue weighted by molar-refractivity contribution is 6.48. The molecule has 1 aromatic heterocycles. The van der Waals surface area contributed by atoms with E-state index in [1.54, 1.807) is 31.2 Å². The van der Waals surface area contributed by atoms with Gasteiger partial charge >= 0.3 is 6.18 Å². The van der Waals surface area contributed by atoms with Gasteiger partial charge in [-0.3, -0.25) is 9.59 Å². The topological polar surface area (TPSA) is 62.0 Å². The first-order chi connectivity index (χ1) is 11.8. The fourth-order valence-corrected chi connectivity index (χ4v) is 2.70. The molecular formula is C18H13F3N2O2. The van der Waals surface area contributed by atoms with Crippen molar-refractivity contribution in [1.29, 1.82) is 0 Å². The van der Waals surface area contributed by atoms with E-state index < -0.39 is 29.1 Å². The Morgan fingerprint density at radius 2 is 1.64 bits per heavy atom. The van der Waals surface area contributed by atoms with E-state index in [0.29, 0.717) is 16.6 Å². The number of carbonyl (C=O) groups is 2. The molecular weight excluding hydrogens is 333 g/mol. The van der Waals surface area contributed by atoms with Crippen molar-refractivity contribution in [3.63, 3.8) is 0 Å². The van der Waals surface area contributed by atoms with Crippen LogP contribution in [0.1, 0.15) is 21.6 Å². The Hall–Kier alpha value is -3.09. The molecule has 25 heavy (non-hydrogen) atoms. The van der Waals surface area contributed by atoms with Gasteiger partial charge < -0.3 is 10.3 Å². The van der Waals surface area contributed by atoms with E-state index in [4.69, 9.17) is 0 Å². The van der Waals surface area contributed by atoms with Crippen LogP contribution < -0.4 is 5.32 Å². The van der Waals surface area contributed by atoms with E-state index in [-0.39, 0.29) is 5.56 Å². The van der Waals surface area contributed by atoms with Crippen LogP contribution in [0, 0.1) is 6.92 Å². The predicted octanol–water partition coefficient (Wildman–Crippen LogP) is 4.32. The van der Waals surface area contributed by atoms with Crippen LogP contribution in [-0.2, 0) is 11.0 Å². The summed E-state index contributed by atoms with van der Waals surface area (Å²) in [7, 11) is 0. The summed E-state index contributed by atoms with van der Waals surface area (Å²) in [5.41, 5.74) is -0.160. The summed E-state index contributed by atoms with van der Waals surface area (Å²) in [5, 5.41) is 2.62. The number of aromatic amines is 1. The van der Waals surface area contributed by atoms with E-state index in [9.17, 15) is 22.8 Å². The molecule has 1 amide bonds. The number of amides is 1. The van der Waals surface area contributed by atoms with Crippen LogP contribution in [-0.4, -0.2) is 16.7 Å². The molecule has 0 aliphatic rings. The van der Waals surface area contributed by atoms with Crippen molar-refractivity contribution < 1.29 is 22.8 Å². The summed E-state index contributed by atoms with van der Waals surface area (Å²) < 4.78 is 39.0. The molecule has 0 bridgehead atoms. The van der Waals surface area contributed by atoms with Crippen molar-refractivity contribution in [2.45, 2.75) is 13.1 Å². The molecule has 7 heteroatoms. The minimum absolute atomic E-state index is 0.151. The monoisotopic (exact) mass is 346 g/mol. The predicted molar refractivity (Wildman–Crippen MR) is 87.4 cm³/mol. The Labute approximate surface area is 140 Å². The molecule has 0 radical (unpaired) electrons. The third-order valence-electron chi connectivity index (χ3n) is 3.81. The maximum Gasteiger partial charge on any atom is 0.418 e. The molecule has 0 unspecified atom stereocenters. The number of aromatic nitrogens is 1. The van der Waals surface area contributed by atoms with E-state index in [1.165, 1.54) is 12.1 Å². The van der Waals surface area contributed by atoms with E-state index in [2.05, 4.69) is 10.3 Å². The summed E-state index contributed by atoms with van der Waals surface area (Å²) in [6.45, 7) is 1.63. The van der Waals surface area contributed by atoms with Crippen LogP contribution in [0.5, 0.6) is 0 Å². The highest BCUT2D eigenvalue weighted by Crippen LogP contribution is 2.34. The van der Waals surface area contributed by atoms with Crippen LogP contribution in [0.3, 0.4) is 0 Å². The Morgan fingerprint density at radius 1 is 1.00 bits per heavy atom. The normalized spacial score (nSPS) is 11.5. The lowest BCUT2D eigenvalue weighted by Crippen LogP contribution is -2.25. The van der Waals surface area contributed by atoms with Gasteiger partial charge in [0.25, 0.3) is 11.7 Å². The van der Waals surface area contributed by atoms with Gasteiger partial charge in [-0.25, -0.2) is 0 Å². The molecule has 3 rings (SSSR count). The van der Waals surface area contributed by atoms with Crippen molar-refractivity contribution in [3.05, 3.63) is 65.4 Å². The van der Waals surface area contributed by atoms with E-state index >= 15 is 0 Å². The second-order valence-electron chi connectivity index (χ2n) is 5.50. The molecule has 0 fully saturated rings. The summed E-state index contributed by atoms with van der Waals surface area (Å²) in [4.78, 5) is 27.7. The molecule has 4 nitrogen and oxygen atoms in total. The Balaban J connectivity index is 1.95. The summed E-state index contributed by atoms with van der Waals surface area (Å²) >= 11 is 0. The molecule has 0 saturated carbocycles. The number of ketones is 1. The highest BCUT2D eigenvalue weighted by Gasteiger charge is 2.34. The largest absolute Gasteiger partial charge is 0.418 e. The zero-order chi connectivity index (χ0) is 18.2. The molecule has 0 aliphatic carbocycles. The minimum Gasteiger partial charge on any atom is -0.358 e. The van der Waals surface area contributed by atoms with Gasteiger partial charge in [-0.15, -0.1) is 0 Å². The Morgan fingerprint density at radius 3 is 2.36 bits per heavy atom. The quantitative estimate of drug-likeness (QED) is 0.548. The number of para-hydroxylation sites is 2. The number of halogens is 3. The number of anilines is 1. The number of Topliss-reactive ketones (excluding diaryl/α,β-unsaturated/α-hetero) is 1. The lowest BCUT2D eigenvalue weighted by atomic mass is 10.1. The lowest BCUT2D eigenvalue weighted by Gasteiger charge is -2.13. The molecule has 0 spiro atoms. The summed E-state index contributed by atoms with van der Waals surface area (Å²) in [6.07, 6.45) is -4.64. The summed E-state index contributed by atoms with van der Waals surface area (Å²) in [6, 6.07) is 11.4. The van der Waals surface area contributed by atoms with E-state index in [0.717, 1.165) is 12.1 Å². The van der Waals surface area contributed by atoms with Gasteiger partial charge in [-0.1, -0.05) is 30.3 Å². The van der Waals surface area contributed by atoms with Gasteiger partial charge in [0.1, 0.15) is 0 Å². The van der Waals surface area contributed by atoms with Crippen LogP contribution in [0.2, 0.25) is 0 Å². The smallest absolute Gasteiger partial charge is 0.358 e. The van der Waals surface area contributed by atoms with Gasteiger partial charge in [0.15, 0.2) is 0 Å². The average molecular weight is 346 g/mol. The third-order valence-corrected chi connectivity index (χ3v) is 3.81. The molecule has 2 aromatic carbocycles. The third kappa shape index (κ3) is 3.13. The van der Waals surface area contributed by atoms with Crippen molar-refractivity contribution in [1.82, 2.24) is 4.98 Å². The zero-order valence-corrected chi connectivity index (χ0v) is 13.1.